The van der Waals surface area contributed by atoms with E-state index in [4.69, 9.17) is 4.98 Å². The quantitative estimate of drug-likeness (QED) is 0.858. The number of nitrogens with zero attached hydrogens (tertiary/aromatic N) is 5. The molecule has 2 aromatic heterocycles. The fourth-order valence-electron chi connectivity index (χ4n) is 3.39. The van der Waals surface area contributed by atoms with E-state index in [1.807, 2.05) is 50.6 Å². The van der Waals surface area contributed by atoms with Crippen molar-refractivity contribution < 1.29 is 4.79 Å². The van der Waals surface area contributed by atoms with E-state index in [2.05, 4.69) is 22.1 Å². The Morgan fingerprint density at radius 3 is 2.72 bits per heavy atom. The molecular weight excluding hydrogens is 314 g/mol. The second-order valence-electron chi connectivity index (χ2n) is 7.01. The fraction of sp³-hybridized carbons (Fsp3) is 0.526. The van der Waals surface area contributed by atoms with Gasteiger partial charge in [0.25, 0.3) is 5.91 Å². The first-order valence-corrected chi connectivity index (χ1v) is 8.88. The van der Waals surface area contributed by atoms with Crippen molar-refractivity contribution in [3.63, 3.8) is 0 Å². The number of rotatable bonds is 4. The van der Waals surface area contributed by atoms with Gasteiger partial charge in [-0.2, -0.15) is 5.10 Å². The highest BCUT2D eigenvalue weighted by Gasteiger charge is 2.30. The molecule has 1 fully saturated rings. The summed E-state index contributed by atoms with van der Waals surface area (Å²) in [7, 11) is 4.08. The van der Waals surface area contributed by atoms with Gasteiger partial charge in [-0.25, -0.2) is 0 Å². The second-order valence-corrected chi connectivity index (χ2v) is 7.01. The van der Waals surface area contributed by atoms with Gasteiger partial charge in [0.2, 0.25) is 0 Å². The number of anilines is 1. The fourth-order valence-corrected chi connectivity index (χ4v) is 3.39. The molecule has 0 spiro atoms. The van der Waals surface area contributed by atoms with Gasteiger partial charge in [0, 0.05) is 62.9 Å². The standard InChI is InChI=1S/C19H27N5O/c1-6-24-12-17(14(3)21-24)19(25)23-8-7-15(11-23)18-10-16(22(4)5)9-13(2)20-18/h9-10,12,15H,6-8,11H2,1-5H3. The molecule has 1 aliphatic rings. The van der Waals surface area contributed by atoms with Crippen LogP contribution < -0.4 is 4.90 Å². The normalized spacial score (nSPS) is 17.2. The summed E-state index contributed by atoms with van der Waals surface area (Å²) in [5, 5.41) is 4.39. The molecule has 1 saturated heterocycles. The summed E-state index contributed by atoms with van der Waals surface area (Å²) in [5.74, 6) is 0.379. The second kappa shape index (κ2) is 6.86. The summed E-state index contributed by atoms with van der Waals surface area (Å²) < 4.78 is 1.82. The minimum Gasteiger partial charge on any atom is -0.378 e. The maximum absolute atomic E-state index is 12.9. The Bertz CT molecular complexity index is 780. The summed E-state index contributed by atoms with van der Waals surface area (Å²) in [6.45, 7) is 8.22. The number of likely N-dealkylation sites (tertiary alicyclic amines) is 1. The smallest absolute Gasteiger partial charge is 0.257 e. The van der Waals surface area contributed by atoms with E-state index in [1.54, 1.807) is 0 Å². The highest BCUT2D eigenvalue weighted by atomic mass is 16.2. The molecule has 1 aliphatic heterocycles. The third kappa shape index (κ3) is 3.52. The van der Waals surface area contributed by atoms with Gasteiger partial charge in [-0.15, -0.1) is 0 Å². The summed E-state index contributed by atoms with van der Waals surface area (Å²) in [6.07, 6.45) is 2.82. The minimum absolute atomic E-state index is 0.0835. The van der Waals surface area contributed by atoms with E-state index in [1.165, 1.54) is 0 Å². The number of hydrogen-bond donors (Lipinski definition) is 0. The first kappa shape index (κ1) is 17.5. The lowest BCUT2D eigenvalue weighted by Crippen LogP contribution is -2.28. The first-order valence-electron chi connectivity index (χ1n) is 8.88. The highest BCUT2D eigenvalue weighted by molar-refractivity contribution is 5.95. The Labute approximate surface area is 149 Å². The van der Waals surface area contributed by atoms with Crippen LogP contribution in [0.4, 0.5) is 5.69 Å². The van der Waals surface area contributed by atoms with Crippen molar-refractivity contribution >= 4 is 11.6 Å². The zero-order valence-electron chi connectivity index (χ0n) is 15.8. The molecule has 0 bridgehead atoms. The van der Waals surface area contributed by atoms with Crippen LogP contribution in [0.2, 0.25) is 0 Å². The molecule has 1 atom stereocenters. The van der Waals surface area contributed by atoms with Gasteiger partial charge in [-0.3, -0.25) is 14.5 Å². The van der Waals surface area contributed by atoms with Crippen LogP contribution in [0, 0.1) is 13.8 Å². The Hall–Kier alpha value is -2.37. The molecule has 6 heteroatoms. The number of carbonyl (C=O) groups excluding carboxylic acids is 1. The Kier molecular flexibility index (Phi) is 4.79. The molecular formula is C19H27N5O. The number of aryl methyl sites for hydroxylation is 3. The molecule has 0 saturated carbocycles. The molecule has 0 radical (unpaired) electrons. The van der Waals surface area contributed by atoms with Crippen molar-refractivity contribution in [3.05, 3.63) is 41.0 Å². The van der Waals surface area contributed by atoms with Gasteiger partial charge in [-0.05, 0) is 39.3 Å². The van der Waals surface area contributed by atoms with E-state index < -0.39 is 0 Å². The van der Waals surface area contributed by atoms with Crippen LogP contribution in [0.25, 0.3) is 0 Å². The summed E-state index contributed by atoms with van der Waals surface area (Å²) >= 11 is 0. The van der Waals surface area contributed by atoms with Crippen molar-refractivity contribution in [3.8, 4) is 0 Å². The number of carbonyl (C=O) groups is 1. The molecule has 3 heterocycles. The van der Waals surface area contributed by atoms with Gasteiger partial charge >= 0.3 is 0 Å². The molecule has 1 unspecified atom stereocenters. The van der Waals surface area contributed by atoms with E-state index in [9.17, 15) is 4.79 Å². The largest absolute Gasteiger partial charge is 0.378 e. The molecule has 134 valence electrons. The number of amides is 1. The highest BCUT2D eigenvalue weighted by Crippen LogP contribution is 2.29. The molecule has 2 aromatic rings. The number of aromatic nitrogens is 3. The van der Waals surface area contributed by atoms with E-state index in [0.29, 0.717) is 11.5 Å². The Morgan fingerprint density at radius 2 is 2.08 bits per heavy atom. The molecule has 3 rings (SSSR count). The van der Waals surface area contributed by atoms with Crippen LogP contribution in [-0.4, -0.2) is 52.8 Å². The zero-order chi connectivity index (χ0) is 18.1. The van der Waals surface area contributed by atoms with Crippen molar-refractivity contribution in [2.24, 2.45) is 0 Å². The van der Waals surface area contributed by atoms with E-state index >= 15 is 0 Å². The third-order valence-electron chi connectivity index (χ3n) is 4.87. The van der Waals surface area contributed by atoms with Crippen molar-refractivity contribution in [1.29, 1.82) is 0 Å². The summed E-state index contributed by atoms with van der Waals surface area (Å²) in [4.78, 5) is 21.6. The predicted molar refractivity (Wildman–Crippen MR) is 99.2 cm³/mol. The van der Waals surface area contributed by atoms with Gasteiger partial charge in [0.05, 0.1) is 11.3 Å². The predicted octanol–water partition coefficient (Wildman–Crippen LogP) is 2.61. The summed E-state index contributed by atoms with van der Waals surface area (Å²) in [5.41, 5.74) is 4.78. The average molecular weight is 341 g/mol. The van der Waals surface area contributed by atoms with Crippen LogP contribution in [0.1, 0.15) is 46.7 Å². The molecule has 0 aromatic carbocycles. The molecule has 0 aliphatic carbocycles. The molecule has 1 amide bonds. The van der Waals surface area contributed by atoms with Crippen molar-refractivity contribution in [1.82, 2.24) is 19.7 Å². The van der Waals surface area contributed by atoms with Gasteiger partial charge in [0.1, 0.15) is 0 Å². The van der Waals surface area contributed by atoms with Crippen LogP contribution in [0.15, 0.2) is 18.3 Å². The zero-order valence-corrected chi connectivity index (χ0v) is 15.8. The van der Waals surface area contributed by atoms with Crippen LogP contribution in [-0.2, 0) is 6.54 Å². The summed E-state index contributed by atoms with van der Waals surface area (Å²) in [6, 6.07) is 4.23. The van der Waals surface area contributed by atoms with E-state index in [-0.39, 0.29) is 5.91 Å². The topological polar surface area (TPSA) is 54.3 Å². The molecule has 25 heavy (non-hydrogen) atoms. The van der Waals surface area contributed by atoms with Gasteiger partial charge < -0.3 is 9.80 Å². The minimum atomic E-state index is 0.0835. The van der Waals surface area contributed by atoms with Crippen LogP contribution in [0.5, 0.6) is 0 Å². The monoisotopic (exact) mass is 341 g/mol. The lowest BCUT2D eigenvalue weighted by Gasteiger charge is -2.18. The lowest BCUT2D eigenvalue weighted by molar-refractivity contribution is 0.0790. The maximum Gasteiger partial charge on any atom is 0.257 e. The SMILES string of the molecule is CCn1cc(C(=O)N2CCC(c3cc(N(C)C)cc(C)n3)C2)c(C)n1. The average Bonchev–Trinajstić information content (AvgIpc) is 3.20. The van der Waals surface area contributed by atoms with Crippen LogP contribution >= 0.6 is 0 Å². The number of hydrogen-bond acceptors (Lipinski definition) is 4. The maximum atomic E-state index is 12.9. The molecule has 0 N–H and O–H groups in total. The Balaban J connectivity index is 1.77. The van der Waals surface area contributed by atoms with Gasteiger partial charge in [0.15, 0.2) is 0 Å². The first-order chi connectivity index (χ1) is 11.9. The van der Waals surface area contributed by atoms with Crippen LogP contribution in [0.3, 0.4) is 0 Å². The van der Waals surface area contributed by atoms with Crippen molar-refractivity contribution in [2.75, 3.05) is 32.1 Å². The lowest BCUT2D eigenvalue weighted by atomic mass is 10.0. The molecule has 6 nitrogen and oxygen atoms in total. The Morgan fingerprint density at radius 1 is 1.32 bits per heavy atom. The third-order valence-corrected chi connectivity index (χ3v) is 4.87. The van der Waals surface area contributed by atoms with Gasteiger partial charge in [-0.1, -0.05) is 0 Å². The van der Waals surface area contributed by atoms with E-state index in [0.717, 1.165) is 48.8 Å². The number of pyridine rings is 1. The van der Waals surface area contributed by atoms with Crippen molar-refractivity contribution in [2.45, 2.75) is 39.7 Å².